The van der Waals surface area contributed by atoms with E-state index in [-0.39, 0.29) is 18.4 Å². The predicted molar refractivity (Wildman–Crippen MR) is 102 cm³/mol. The van der Waals surface area contributed by atoms with Crippen molar-refractivity contribution < 1.29 is 14.3 Å². The first-order chi connectivity index (χ1) is 12.0. The Kier molecular flexibility index (Phi) is 6.58. The molecule has 0 radical (unpaired) electrons. The maximum Gasteiger partial charge on any atom is 0.254 e. The van der Waals surface area contributed by atoms with E-state index >= 15 is 0 Å². The summed E-state index contributed by atoms with van der Waals surface area (Å²) in [5, 5.41) is 2.87. The van der Waals surface area contributed by atoms with Gasteiger partial charge in [0.25, 0.3) is 5.91 Å². The number of amides is 2. The minimum absolute atomic E-state index is 0.0273. The Morgan fingerprint density at radius 1 is 1.20 bits per heavy atom. The standard InChI is InChI=1S/C19H21BrN2O3/c1-4-13-7-5-6-8-16(13)21-18(23)12-22(2)19(24)14-9-10-17(25-3)15(20)11-14/h5-11H,4,12H2,1-3H3,(H,21,23). The molecule has 0 bridgehead atoms. The molecule has 0 aliphatic heterocycles. The summed E-state index contributed by atoms with van der Waals surface area (Å²) in [6.07, 6.45) is 0.825. The van der Waals surface area contributed by atoms with Gasteiger partial charge >= 0.3 is 0 Å². The Labute approximate surface area is 156 Å². The molecule has 25 heavy (non-hydrogen) atoms. The molecule has 0 spiro atoms. The van der Waals surface area contributed by atoms with Gasteiger partial charge in [0.2, 0.25) is 5.91 Å². The van der Waals surface area contributed by atoms with Crippen molar-refractivity contribution in [3.63, 3.8) is 0 Å². The number of aryl methyl sites for hydroxylation is 1. The van der Waals surface area contributed by atoms with Crippen molar-refractivity contribution in [2.24, 2.45) is 0 Å². The third kappa shape index (κ3) is 4.82. The lowest BCUT2D eigenvalue weighted by Crippen LogP contribution is -2.35. The molecule has 5 nitrogen and oxygen atoms in total. The van der Waals surface area contributed by atoms with Gasteiger partial charge < -0.3 is 15.0 Å². The largest absolute Gasteiger partial charge is 0.496 e. The van der Waals surface area contributed by atoms with Gasteiger partial charge in [0, 0.05) is 18.3 Å². The van der Waals surface area contributed by atoms with Gasteiger partial charge in [-0.05, 0) is 52.2 Å². The van der Waals surface area contributed by atoms with Crippen molar-refractivity contribution in [1.29, 1.82) is 0 Å². The second-order valence-corrected chi connectivity index (χ2v) is 6.42. The first-order valence-corrected chi connectivity index (χ1v) is 8.72. The number of methoxy groups -OCH3 is 1. The van der Waals surface area contributed by atoms with Crippen LogP contribution in [-0.4, -0.2) is 37.4 Å². The summed E-state index contributed by atoms with van der Waals surface area (Å²) < 4.78 is 5.85. The number of rotatable bonds is 6. The smallest absolute Gasteiger partial charge is 0.254 e. The van der Waals surface area contributed by atoms with Crippen molar-refractivity contribution in [3.8, 4) is 5.75 Å². The molecule has 2 amide bonds. The topological polar surface area (TPSA) is 58.6 Å². The highest BCUT2D eigenvalue weighted by atomic mass is 79.9. The molecule has 0 aromatic heterocycles. The number of likely N-dealkylation sites (N-methyl/N-ethyl adjacent to an activating group) is 1. The van der Waals surface area contributed by atoms with Crippen molar-refractivity contribution in [1.82, 2.24) is 4.90 Å². The van der Waals surface area contributed by atoms with Crippen molar-refractivity contribution in [2.75, 3.05) is 26.0 Å². The molecule has 0 saturated heterocycles. The Bertz CT molecular complexity index is 777. The second-order valence-electron chi connectivity index (χ2n) is 5.57. The summed E-state index contributed by atoms with van der Waals surface area (Å²) >= 11 is 3.36. The van der Waals surface area contributed by atoms with Crippen LogP contribution in [0.4, 0.5) is 5.69 Å². The number of benzene rings is 2. The highest BCUT2D eigenvalue weighted by Crippen LogP contribution is 2.26. The third-order valence-electron chi connectivity index (χ3n) is 3.80. The van der Waals surface area contributed by atoms with Crippen LogP contribution in [0.2, 0.25) is 0 Å². The zero-order valence-corrected chi connectivity index (χ0v) is 16.1. The molecule has 132 valence electrons. The minimum Gasteiger partial charge on any atom is -0.496 e. The Morgan fingerprint density at radius 3 is 2.56 bits per heavy atom. The zero-order valence-electron chi connectivity index (χ0n) is 14.5. The highest BCUT2D eigenvalue weighted by molar-refractivity contribution is 9.10. The van der Waals surface area contributed by atoms with E-state index in [0.29, 0.717) is 15.8 Å². The number of para-hydroxylation sites is 1. The van der Waals surface area contributed by atoms with Crippen molar-refractivity contribution in [3.05, 3.63) is 58.1 Å². The van der Waals surface area contributed by atoms with E-state index < -0.39 is 0 Å². The van der Waals surface area contributed by atoms with Crippen LogP contribution in [0, 0.1) is 0 Å². The van der Waals surface area contributed by atoms with Crippen molar-refractivity contribution >= 4 is 33.4 Å². The van der Waals surface area contributed by atoms with Crippen LogP contribution in [0.1, 0.15) is 22.8 Å². The lowest BCUT2D eigenvalue weighted by atomic mass is 10.1. The maximum atomic E-state index is 12.5. The number of anilines is 1. The summed E-state index contributed by atoms with van der Waals surface area (Å²) in [6, 6.07) is 12.7. The number of ether oxygens (including phenoxy) is 1. The van der Waals surface area contributed by atoms with E-state index in [2.05, 4.69) is 21.2 Å². The fourth-order valence-electron chi connectivity index (χ4n) is 2.45. The maximum absolute atomic E-state index is 12.5. The molecule has 2 aromatic carbocycles. The van der Waals surface area contributed by atoms with Crippen LogP contribution in [-0.2, 0) is 11.2 Å². The van der Waals surface area contributed by atoms with E-state index in [1.807, 2.05) is 31.2 Å². The van der Waals surface area contributed by atoms with E-state index in [4.69, 9.17) is 4.74 Å². The van der Waals surface area contributed by atoms with Crippen LogP contribution in [0.5, 0.6) is 5.75 Å². The van der Waals surface area contributed by atoms with Crippen LogP contribution >= 0.6 is 15.9 Å². The van der Waals surface area contributed by atoms with Crippen molar-refractivity contribution in [2.45, 2.75) is 13.3 Å². The number of nitrogens with one attached hydrogen (secondary N) is 1. The average molecular weight is 405 g/mol. The van der Waals surface area contributed by atoms with Gasteiger partial charge in [0.1, 0.15) is 5.75 Å². The van der Waals surface area contributed by atoms with E-state index in [0.717, 1.165) is 17.7 Å². The first kappa shape index (κ1) is 19.0. The summed E-state index contributed by atoms with van der Waals surface area (Å²) in [5.74, 6) is 0.180. The van der Waals surface area contributed by atoms with Gasteiger partial charge in [-0.1, -0.05) is 25.1 Å². The van der Waals surface area contributed by atoms with Gasteiger partial charge in [-0.3, -0.25) is 9.59 Å². The van der Waals surface area contributed by atoms with E-state index in [1.54, 1.807) is 32.4 Å². The molecule has 0 heterocycles. The molecule has 0 aliphatic rings. The number of carbonyl (C=O) groups excluding carboxylic acids is 2. The van der Waals surface area contributed by atoms with Gasteiger partial charge in [-0.25, -0.2) is 0 Å². The fraction of sp³-hybridized carbons (Fsp3) is 0.263. The molecule has 0 unspecified atom stereocenters. The first-order valence-electron chi connectivity index (χ1n) is 7.93. The van der Waals surface area contributed by atoms with Crippen LogP contribution < -0.4 is 10.1 Å². The quantitative estimate of drug-likeness (QED) is 0.797. The molecule has 0 saturated carbocycles. The molecule has 0 fully saturated rings. The zero-order chi connectivity index (χ0) is 18.4. The normalized spacial score (nSPS) is 10.2. The minimum atomic E-state index is -0.234. The Balaban J connectivity index is 2.03. The molecular formula is C19H21BrN2O3. The lowest BCUT2D eigenvalue weighted by molar-refractivity contribution is -0.116. The Hall–Kier alpha value is -2.34. The number of nitrogens with zero attached hydrogens (tertiary/aromatic N) is 1. The molecule has 2 aromatic rings. The summed E-state index contributed by atoms with van der Waals surface area (Å²) in [4.78, 5) is 26.1. The molecule has 0 aliphatic carbocycles. The van der Waals surface area contributed by atoms with Crippen LogP contribution in [0.25, 0.3) is 0 Å². The summed E-state index contributed by atoms with van der Waals surface area (Å²) in [7, 11) is 3.16. The number of hydrogen-bond donors (Lipinski definition) is 1. The van der Waals surface area contributed by atoms with Crippen LogP contribution in [0.15, 0.2) is 46.9 Å². The lowest BCUT2D eigenvalue weighted by Gasteiger charge is -2.18. The van der Waals surface area contributed by atoms with Gasteiger partial charge in [0.15, 0.2) is 0 Å². The monoisotopic (exact) mass is 404 g/mol. The second kappa shape index (κ2) is 8.67. The van der Waals surface area contributed by atoms with Gasteiger partial charge in [-0.2, -0.15) is 0 Å². The van der Waals surface area contributed by atoms with E-state index in [1.165, 1.54) is 4.90 Å². The molecule has 6 heteroatoms. The summed E-state index contributed by atoms with van der Waals surface area (Å²) in [5.41, 5.74) is 2.32. The molecule has 2 rings (SSSR count). The fourth-order valence-corrected chi connectivity index (χ4v) is 2.99. The average Bonchev–Trinajstić information content (AvgIpc) is 2.61. The third-order valence-corrected chi connectivity index (χ3v) is 4.42. The number of halogens is 1. The molecule has 0 atom stereocenters. The van der Waals surface area contributed by atoms with Gasteiger partial charge in [-0.15, -0.1) is 0 Å². The number of hydrogen-bond acceptors (Lipinski definition) is 3. The number of carbonyl (C=O) groups is 2. The predicted octanol–water partition coefficient (Wildman–Crippen LogP) is 3.73. The van der Waals surface area contributed by atoms with E-state index in [9.17, 15) is 9.59 Å². The molecular weight excluding hydrogens is 384 g/mol. The Morgan fingerprint density at radius 2 is 1.92 bits per heavy atom. The van der Waals surface area contributed by atoms with Crippen LogP contribution in [0.3, 0.4) is 0 Å². The SMILES string of the molecule is CCc1ccccc1NC(=O)CN(C)C(=O)c1ccc(OC)c(Br)c1. The highest BCUT2D eigenvalue weighted by Gasteiger charge is 2.17. The molecule has 1 N–H and O–H groups in total. The van der Waals surface area contributed by atoms with Gasteiger partial charge in [0.05, 0.1) is 18.1 Å². The summed E-state index contributed by atoms with van der Waals surface area (Å²) in [6.45, 7) is 2.00.